The molecule has 6 rings (SSSR count). The molecular formula is C57H71F3N6O11S2. The second-order valence-corrected chi connectivity index (χ2v) is 22.0. The molecule has 428 valence electrons. The molecule has 2 saturated heterocycles. The van der Waals surface area contributed by atoms with Crippen molar-refractivity contribution in [2.24, 2.45) is 5.41 Å². The molecule has 0 bridgehead atoms. The first-order chi connectivity index (χ1) is 37.6. The van der Waals surface area contributed by atoms with Crippen molar-refractivity contribution < 1.29 is 65.9 Å². The molecule has 0 saturated carbocycles. The maximum absolute atomic E-state index is 14.0. The van der Waals surface area contributed by atoms with Crippen LogP contribution in [-0.4, -0.2) is 147 Å². The van der Waals surface area contributed by atoms with Crippen LogP contribution in [0.5, 0.6) is 5.75 Å². The van der Waals surface area contributed by atoms with Gasteiger partial charge in [-0.1, -0.05) is 45.0 Å². The van der Waals surface area contributed by atoms with E-state index in [1.807, 2.05) is 57.5 Å². The number of nitriles is 1. The zero-order valence-electron chi connectivity index (χ0n) is 45.6. The molecule has 79 heavy (non-hydrogen) atoms. The van der Waals surface area contributed by atoms with Gasteiger partial charge in [0.1, 0.15) is 30.5 Å². The molecule has 3 atom stereocenters. The maximum atomic E-state index is 14.0. The number of rotatable bonds is 30. The number of ketones is 1. The Kier molecular flexibility index (Phi) is 22.9. The number of anilines is 2. The number of hydrogen-bond acceptors (Lipinski definition) is 15. The fourth-order valence-corrected chi connectivity index (χ4v) is 10.4. The van der Waals surface area contributed by atoms with Gasteiger partial charge in [0, 0.05) is 38.3 Å². The molecule has 0 spiro atoms. The average Bonchev–Trinajstić information content (AvgIpc) is 4.29. The normalized spacial score (nSPS) is 16.8. The number of Topliss-reactive ketones (excluding diaryl/α,β-unsaturated/α-hetero) is 1. The molecule has 1 aromatic heterocycles. The van der Waals surface area contributed by atoms with Gasteiger partial charge >= 0.3 is 6.18 Å². The second kappa shape index (κ2) is 29.0. The van der Waals surface area contributed by atoms with E-state index in [1.54, 1.807) is 60.4 Å². The summed E-state index contributed by atoms with van der Waals surface area (Å²) in [6.07, 6.45) is -2.15. The quantitative estimate of drug-likeness (QED) is 0.0373. The second-order valence-electron chi connectivity index (χ2n) is 20.8. The first kappa shape index (κ1) is 62.3. The number of benzene rings is 3. The number of nitrogens with zero attached hydrogens (tertiary/aromatic N) is 5. The van der Waals surface area contributed by atoms with E-state index < -0.39 is 64.2 Å². The average molecular weight is 1140 g/mol. The van der Waals surface area contributed by atoms with Gasteiger partial charge < -0.3 is 48.6 Å². The van der Waals surface area contributed by atoms with Crippen molar-refractivity contribution in [2.45, 2.75) is 110 Å². The van der Waals surface area contributed by atoms with Gasteiger partial charge in [0.2, 0.25) is 11.8 Å². The minimum Gasteiger partial charge on any atom is -0.491 e. The third kappa shape index (κ3) is 17.3. The first-order valence-electron chi connectivity index (χ1n) is 26.3. The van der Waals surface area contributed by atoms with E-state index in [2.05, 4.69) is 10.3 Å². The summed E-state index contributed by atoms with van der Waals surface area (Å²) in [7, 11) is 0. The molecule has 2 N–H and O–H groups in total. The topological polar surface area (TPSA) is 202 Å². The predicted octanol–water partition coefficient (Wildman–Crippen LogP) is 8.25. The summed E-state index contributed by atoms with van der Waals surface area (Å²) >= 11 is 7.19. The Bertz CT molecular complexity index is 2730. The van der Waals surface area contributed by atoms with E-state index in [-0.39, 0.29) is 62.4 Å². The number of carbonyl (C=O) groups excluding carboxylic acids is 4. The molecule has 4 aromatic rings. The number of nitrogens with one attached hydrogen (secondary N) is 1. The lowest BCUT2D eigenvalue weighted by molar-refractivity contribution is -0.144. The van der Waals surface area contributed by atoms with Crippen molar-refractivity contribution in [1.82, 2.24) is 15.2 Å². The molecule has 3 aromatic carbocycles. The van der Waals surface area contributed by atoms with Crippen molar-refractivity contribution in [3.8, 4) is 22.3 Å². The Morgan fingerprint density at radius 2 is 1.46 bits per heavy atom. The Morgan fingerprint density at radius 3 is 2.04 bits per heavy atom. The van der Waals surface area contributed by atoms with Gasteiger partial charge in [-0.15, -0.1) is 11.3 Å². The van der Waals surface area contributed by atoms with Gasteiger partial charge in [0.05, 0.1) is 97.4 Å². The predicted molar refractivity (Wildman–Crippen MR) is 296 cm³/mol. The van der Waals surface area contributed by atoms with Crippen molar-refractivity contribution in [2.75, 3.05) is 89.0 Å². The Hall–Kier alpha value is -5.90. The number of likely N-dealkylation sites (tertiary alicyclic amines) is 1. The summed E-state index contributed by atoms with van der Waals surface area (Å²) in [4.78, 5) is 63.4. The van der Waals surface area contributed by atoms with Crippen molar-refractivity contribution in [1.29, 1.82) is 5.26 Å². The Morgan fingerprint density at radius 1 is 0.861 bits per heavy atom. The lowest BCUT2D eigenvalue weighted by atomic mass is 9.85. The third-order valence-electron chi connectivity index (χ3n) is 13.3. The minimum absolute atomic E-state index is 0.00241. The molecular weight excluding hydrogens is 1070 g/mol. The fraction of sp³-hybridized carbons (Fsp3) is 0.526. The molecule has 0 aliphatic carbocycles. The van der Waals surface area contributed by atoms with E-state index in [4.69, 9.17) is 40.6 Å². The summed E-state index contributed by atoms with van der Waals surface area (Å²) in [5.74, 6) is -1.00. The number of hydrogen-bond donors (Lipinski definition) is 2. The molecule has 17 nitrogen and oxygen atoms in total. The van der Waals surface area contributed by atoms with Gasteiger partial charge in [0.15, 0.2) is 10.9 Å². The molecule has 2 fully saturated rings. The van der Waals surface area contributed by atoms with E-state index in [1.165, 1.54) is 11.0 Å². The van der Waals surface area contributed by atoms with E-state index in [0.29, 0.717) is 64.1 Å². The molecule has 3 amide bonds. The summed E-state index contributed by atoms with van der Waals surface area (Å²) in [5, 5.41) is 22.6. The van der Waals surface area contributed by atoms with Gasteiger partial charge in [-0.2, -0.15) is 18.4 Å². The highest BCUT2D eigenvalue weighted by Gasteiger charge is 2.51. The number of alkyl halides is 3. The van der Waals surface area contributed by atoms with Crippen LogP contribution in [-0.2, 0) is 55.5 Å². The highest BCUT2D eigenvalue weighted by atomic mass is 32.1. The highest BCUT2D eigenvalue weighted by Crippen LogP contribution is 2.40. The molecule has 22 heteroatoms. The summed E-state index contributed by atoms with van der Waals surface area (Å²) in [5.41, 5.74) is 1.69. The van der Waals surface area contributed by atoms with Crippen LogP contribution in [0.2, 0.25) is 0 Å². The maximum Gasteiger partial charge on any atom is 0.417 e. The van der Waals surface area contributed by atoms with Gasteiger partial charge in [0.25, 0.3) is 5.91 Å². The fourth-order valence-electron chi connectivity index (χ4n) is 9.10. The number of amides is 3. The Balaban J connectivity index is 0.754. The monoisotopic (exact) mass is 1140 g/mol. The Labute approximate surface area is 469 Å². The number of ether oxygens (including phenoxy) is 6. The standard InChI is InChI=1S/C57H71F3N6O11S2/c1-38-50(79-37-62-38)40-13-10-39(11-14-40)12-21-48(68)47-33-44(67)35-64(47)52(70)51(55(2,3)4)63-49(69)36-76-29-28-74-26-24-72-22-8-7-9-23-73-25-27-75-30-31-77-45-19-17-42(18-20-45)66-54(78)65(53(71)56(66,5)6)43-16-15-41(34-61)46(32-43)57(58,59)60/h10-11,13-20,32,37,44,47,51,67H,7-9,12,21-31,33,35-36H2,1-6H3,(H,63,69)/t44-,47+,51-/m1/s1. The van der Waals surface area contributed by atoms with E-state index in [9.17, 15) is 42.7 Å². The smallest absolute Gasteiger partial charge is 0.417 e. The number of aromatic nitrogens is 1. The van der Waals surface area contributed by atoms with E-state index >= 15 is 0 Å². The van der Waals surface area contributed by atoms with Crippen molar-refractivity contribution in [3.63, 3.8) is 0 Å². The highest BCUT2D eigenvalue weighted by molar-refractivity contribution is 7.81. The molecule has 0 radical (unpaired) electrons. The lowest BCUT2D eigenvalue weighted by Gasteiger charge is -2.35. The summed E-state index contributed by atoms with van der Waals surface area (Å²) < 4.78 is 75.0. The van der Waals surface area contributed by atoms with Crippen LogP contribution in [0.3, 0.4) is 0 Å². The van der Waals surface area contributed by atoms with Crippen LogP contribution in [0.4, 0.5) is 24.5 Å². The minimum atomic E-state index is -4.80. The largest absolute Gasteiger partial charge is 0.491 e. The van der Waals surface area contributed by atoms with Crippen LogP contribution in [0.1, 0.15) is 89.1 Å². The SMILES string of the molecule is Cc1ncsc1-c1ccc(CCC(=O)[C@@H]2C[C@@H](O)CN2C(=O)[C@@H](NC(=O)COCCOCCOCCCCCOCCOCCOc2ccc(N3C(=S)N(c4ccc(C#N)c(C(F)(F)F)c4)C(=O)C3(C)C)cc2)C(C)(C)C)cc1. The van der Waals surface area contributed by atoms with Crippen LogP contribution >= 0.6 is 23.6 Å². The molecule has 3 heterocycles. The number of halogens is 3. The number of carbonyl (C=O) groups is 4. The summed E-state index contributed by atoms with van der Waals surface area (Å²) in [6, 6.07) is 17.7. The van der Waals surface area contributed by atoms with Crippen molar-refractivity contribution in [3.05, 3.63) is 94.6 Å². The number of β-amino-alcohol motifs (C(OH)–C–C–N with tert-alkyl or cyclic N) is 1. The van der Waals surface area contributed by atoms with Gasteiger partial charge in [-0.25, -0.2) is 4.98 Å². The first-order valence-corrected chi connectivity index (χ1v) is 27.6. The number of thiazole rings is 1. The van der Waals surface area contributed by atoms with Gasteiger partial charge in [-0.05, 0) is 118 Å². The van der Waals surface area contributed by atoms with Crippen LogP contribution in [0, 0.1) is 23.7 Å². The molecule has 2 aliphatic heterocycles. The number of aliphatic hydroxyl groups is 1. The van der Waals surface area contributed by atoms with Crippen molar-refractivity contribution >= 4 is 63.5 Å². The number of unbranched alkanes of at least 4 members (excludes halogenated alkanes) is 2. The number of aryl methyl sites for hydroxylation is 2. The van der Waals surface area contributed by atoms with Crippen LogP contribution < -0.4 is 19.9 Å². The summed E-state index contributed by atoms with van der Waals surface area (Å²) in [6.45, 7) is 14.2. The van der Waals surface area contributed by atoms with Crippen LogP contribution in [0.15, 0.2) is 72.2 Å². The van der Waals surface area contributed by atoms with Crippen LogP contribution in [0.25, 0.3) is 10.4 Å². The molecule has 2 aliphatic rings. The third-order valence-corrected chi connectivity index (χ3v) is 14.7. The van der Waals surface area contributed by atoms with E-state index in [0.717, 1.165) is 58.0 Å². The lowest BCUT2D eigenvalue weighted by Crippen LogP contribution is -2.57. The zero-order chi connectivity index (χ0) is 57.3. The zero-order valence-corrected chi connectivity index (χ0v) is 47.2. The van der Waals surface area contributed by atoms with Gasteiger partial charge in [-0.3, -0.25) is 24.1 Å². The molecule has 0 unspecified atom stereocenters. The number of thiocarbonyl (C=S) groups is 1. The number of aliphatic hydroxyl groups excluding tert-OH is 1.